The quantitative estimate of drug-likeness (QED) is 0.326. The average molecular weight is 502 g/mol. The number of para-hydroxylation sites is 1. The van der Waals surface area contributed by atoms with Crippen LogP contribution in [0.3, 0.4) is 0 Å². The Morgan fingerprint density at radius 2 is 1.76 bits per heavy atom. The molecule has 1 aliphatic heterocycles. The minimum absolute atomic E-state index is 0.195. The zero-order valence-corrected chi connectivity index (χ0v) is 21.3. The number of carbonyl (C=O) groups excluding carboxylic acids is 2. The second-order valence-corrected chi connectivity index (χ2v) is 10.2. The van der Waals surface area contributed by atoms with Crippen LogP contribution in [0.15, 0.2) is 61.1 Å². The second kappa shape index (κ2) is 8.92. The van der Waals surface area contributed by atoms with Gasteiger partial charge in [0.05, 0.1) is 5.52 Å². The van der Waals surface area contributed by atoms with E-state index in [1.807, 2.05) is 45.0 Å². The van der Waals surface area contributed by atoms with E-state index < -0.39 is 23.5 Å². The third kappa shape index (κ3) is 5.11. The van der Waals surface area contributed by atoms with Crippen LogP contribution in [-0.2, 0) is 16.1 Å². The summed E-state index contributed by atoms with van der Waals surface area (Å²) in [7, 11) is 0. The number of rotatable bonds is 4. The fraction of sp³-hybridized carbons (Fsp3) is 0.286. The van der Waals surface area contributed by atoms with Crippen LogP contribution in [0, 0.1) is 0 Å². The summed E-state index contributed by atoms with van der Waals surface area (Å²) in [6.45, 7) is 9.03. The van der Waals surface area contributed by atoms with Gasteiger partial charge in [0.2, 0.25) is 5.79 Å². The van der Waals surface area contributed by atoms with Gasteiger partial charge in [-0.1, -0.05) is 18.2 Å². The molecule has 0 saturated carbocycles. The lowest BCUT2D eigenvalue weighted by atomic mass is 10.1. The standard InChI is InChI=1S/C28H27N3O6/c1-27(2,3)37-26(33)31-15-21(19-8-6-7-9-22(19)31)24-29-13-17(14-30-24)16-34-18-10-11-23-20(12-18)25(32)36-28(4,5)35-23/h6-15H,16H2,1-5H3. The minimum atomic E-state index is -1.01. The lowest BCUT2D eigenvalue weighted by Gasteiger charge is -2.31. The highest BCUT2D eigenvalue weighted by Gasteiger charge is 2.34. The van der Waals surface area contributed by atoms with Gasteiger partial charge in [-0.3, -0.25) is 4.57 Å². The maximum atomic E-state index is 12.8. The molecule has 1 aliphatic rings. The smallest absolute Gasteiger partial charge is 0.419 e. The molecular weight excluding hydrogens is 474 g/mol. The summed E-state index contributed by atoms with van der Waals surface area (Å²) in [5.41, 5.74) is 1.84. The molecule has 190 valence electrons. The molecule has 0 spiro atoms. The Kier molecular flexibility index (Phi) is 5.86. The van der Waals surface area contributed by atoms with Crippen molar-refractivity contribution in [2.75, 3.05) is 0 Å². The van der Waals surface area contributed by atoms with E-state index >= 15 is 0 Å². The van der Waals surface area contributed by atoms with E-state index in [0.717, 1.165) is 10.9 Å². The maximum absolute atomic E-state index is 12.8. The predicted molar refractivity (Wildman–Crippen MR) is 135 cm³/mol. The number of hydrogen-bond donors (Lipinski definition) is 0. The van der Waals surface area contributed by atoms with E-state index in [-0.39, 0.29) is 6.61 Å². The highest BCUT2D eigenvalue weighted by molar-refractivity contribution is 5.99. The van der Waals surface area contributed by atoms with Gasteiger partial charge in [0.1, 0.15) is 29.3 Å². The molecular formula is C28H27N3O6. The Bertz CT molecular complexity index is 1500. The Morgan fingerprint density at radius 1 is 1.03 bits per heavy atom. The summed E-state index contributed by atoms with van der Waals surface area (Å²) in [5.74, 6) is -0.0612. The van der Waals surface area contributed by atoms with Crippen molar-refractivity contribution in [3.05, 3.63) is 72.2 Å². The first kappa shape index (κ1) is 24.3. The number of ether oxygens (including phenoxy) is 4. The number of fused-ring (bicyclic) bond motifs is 2. The van der Waals surface area contributed by atoms with Gasteiger partial charge in [-0.25, -0.2) is 19.6 Å². The first-order chi connectivity index (χ1) is 17.5. The topological polar surface area (TPSA) is 102 Å². The molecule has 4 aromatic rings. The molecule has 5 rings (SSSR count). The van der Waals surface area contributed by atoms with Crippen molar-refractivity contribution in [1.29, 1.82) is 0 Å². The van der Waals surface area contributed by atoms with Gasteiger partial charge in [-0.05, 0) is 45.0 Å². The molecule has 0 amide bonds. The number of aromatic nitrogens is 3. The summed E-state index contributed by atoms with van der Waals surface area (Å²) in [4.78, 5) is 34.1. The first-order valence-electron chi connectivity index (χ1n) is 11.8. The van der Waals surface area contributed by atoms with Crippen molar-refractivity contribution in [2.24, 2.45) is 0 Å². The SMILES string of the molecule is CC(C)(C)OC(=O)n1cc(-c2ncc(COc3ccc4c(c3)C(=O)OC(C)(C)O4)cn2)c2ccccc21. The van der Waals surface area contributed by atoms with Crippen molar-refractivity contribution in [1.82, 2.24) is 14.5 Å². The maximum Gasteiger partial charge on any atom is 0.419 e. The number of esters is 1. The molecule has 0 radical (unpaired) electrons. The van der Waals surface area contributed by atoms with E-state index in [2.05, 4.69) is 9.97 Å². The molecule has 37 heavy (non-hydrogen) atoms. The lowest BCUT2D eigenvalue weighted by molar-refractivity contribution is -0.127. The zero-order chi connectivity index (χ0) is 26.4. The molecule has 0 aliphatic carbocycles. The predicted octanol–water partition coefficient (Wildman–Crippen LogP) is 5.75. The summed E-state index contributed by atoms with van der Waals surface area (Å²) in [6.07, 6.45) is 4.56. The van der Waals surface area contributed by atoms with Crippen LogP contribution in [-0.4, -0.2) is 38.0 Å². The summed E-state index contributed by atoms with van der Waals surface area (Å²) in [5, 5.41) is 0.837. The van der Waals surface area contributed by atoms with Crippen LogP contribution >= 0.6 is 0 Å². The monoisotopic (exact) mass is 501 g/mol. The number of carbonyl (C=O) groups is 2. The van der Waals surface area contributed by atoms with Crippen molar-refractivity contribution >= 4 is 23.0 Å². The number of cyclic esters (lactones) is 1. The number of benzene rings is 2. The molecule has 3 heterocycles. The Balaban J connectivity index is 1.34. The second-order valence-electron chi connectivity index (χ2n) is 10.2. The van der Waals surface area contributed by atoms with E-state index in [9.17, 15) is 9.59 Å². The van der Waals surface area contributed by atoms with E-state index in [4.69, 9.17) is 18.9 Å². The number of nitrogens with zero attached hydrogens (tertiary/aromatic N) is 3. The molecule has 0 saturated heterocycles. The fourth-order valence-corrected chi connectivity index (χ4v) is 3.97. The fourth-order valence-electron chi connectivity index (χ4n) is 3.97. The van der Waals surface area contributed by atoms with Crippen molar-refractivity contribution < 1.29 is 28.5 Å². The van der Waals surface area contributed by atoms with Gasteiger partial charge in [-0.15, -0.1) is 0 Å². The molecule has 0 unspecified atom stereocenters. The van der Waals surface area contributed by atoms with Gasteiger partial charge in [0.25, 0.3) is 0 Å². The zero-order valence-electron chi connectivity index (χ0n) is 21.3. The van der Waals surface area contributed by atoms with Crippen molar-refractivity contribution in [2.45, 2.75) is 52.6 Å². The van der Waals surface area contributed by atoms with Crippen LogP contribution < -0.4 is 9.47 Å². The molecule has 0 N–H and O–H groups in total. The van der Waals surface area contributed by atoms with E-state index in [1.165, 1.54) is 4.57 Å². The summed E-state index contributed by atoms with van der Waals surface area (Å²) < 4.78 is 23.8. The molecule has 0 atom stereocenters. The Morgan fingerprint density at radius 3 is 2.49 bits per heavy atom. The highest BCUT2D eigenvalue weighted by Crippen LogP contribution is 2.34. The third-order valence-electron chi connectivity index (χ3n) is 5.52. The molecule has 9 heteroatoms. The van der Waals surface area contributed by atoms with Crippen LogP contribution in [0.1, 0.15) is 50.5 Å². The van der Waals surface area contributed by atoms with Crippen molar-refractivity contribution in [3.63, 3.8) is 0 Å². The van der Waals surface area contributed by atoms with Crippen LogP contribution in [0.4, 0.5) is 4.79 Å². The molecule has 9 nitrogen and oxygen atoms in total. The lowest BCUT2D eigenvalue weighted by Crippen LogP contribution is -2.38. The average Bonchev–Trinajstić information content (AvgIpc) is 3.22. The van der Waals surface area contributed by atoms with E-state index in [0.29, 0.717) is 34.0 Å². The third-order valence-corrected chi connectivity index (χ3v) is 5.52. The highest BCUT2D eigenvalue weighted by atomic mass is 16.7. The number of hydrogen-bond acceptors (Lipinski definition) is 8. The van der Waals surface area contributed by atoms with Gasteiger partial charge >= 0.3 is 12.1 Å². The van der Waals surface area contributed by atoms with Gasteiger partial charge < -0.3 is 18.9 Å². The van der Waals surface area contributed by atoms with Gasteiger partial charge in [0.15, 0.2) is 5.82 Å². The minimum Gasteiger partial charge on any atom is -0.489 e. The van der Waals surface area contributed by atoms with Gasteiger partial charge in [-0.2, -0.15) is 0 Å². The summed E-state index contributed by atoms with van der Waals surface area (Å²) >= 11 is 0. The molecule has 0 bridgehead atoms. The Labute approximate surface area is 214 Å². The Hall–Kier alpha value is -4.40. The van der Waals surface area contributed by atoms with Gasteiger partial charge in [0, 0.05) is 49.0 Å². The molecule has 0 fully saturated rings. The molecule has 2 aromatic heterocycles. The van der Waals surface area contributed by atoms with Crippen LogP contribution in [0.2, 0.25) is 0 Å². The summed E-state index contributed by atoms with van der Waals surface area (Å²) in [6, 6.07) is 12.5. The normalized spacial score (nSPS) is 14.5. The largest absolute Gasteiger partial charge is 0.489 e. The van der Waals surface area contributed by atoms with Crippen LogP contribution in [0.25, 0.3) is 22.3 Å². The van der Waals surface area contributed by atoms with Crippen LogP contribution in [0.5, 0.6) is 11.5 Å². The first-order valence-corrected chi connectivity index (χ1v) is 11.8. The van der Waals surface area contributed by atoms with Crippen molar-refractivity contribution in [3.8, 4) is 22.9 Å². The molecule has 2 aromatic carbocycles. The van der Waals surface area contributed by atoms with E-state index in [1.54, 1.807) is 50.6 Å².